The van der Waals surface area contributed by atoms with Gasteiger partial charge in [0, 0.05) is 59.8 Å². The molecule has 1 fully saturated rings. The number of anilines is 1. The molecule has 1 saturated heterocycles. The number of nitrogens with two attached hydrogens (primary N) is 1. The second-order valence-corrected chi connectivity index (χ2v) is 11.2. The third-order valence-electron chi connectivity index (χ3n) is 6.11. The van der Waals surface area contributed by atoms with Gasteiger partial charge in [-0.15, -0.1) is 0 Å². The Balaban J connectivity index is 1.72. The summed E-state index contributed by atoms with van der Waals surface area (Å²) in [6.07, 6.45) is 4.42. The molecule has 0 radical (unpaired) electrons. The van der Waals surface area contributed by atoms with Crippen LogP contribution in [0, 0.1) is 16.1 Å². The Labute approximate surface area is 206 Å². The van der Waals surface area contributed by atoms with Crippen LogP contribution in [0.5, 0.6) is 0 Å². The van der Waals surface area contributed by atoms with Gasteiger partial charge >= 0.3 is 0 Å². The number of hydrogen-bond donors (Lipinski definition) is 2. The summed E-state index contributed by atoms with van der Waals surface area (Å²) < 4.78 is 20.8. The number of benzene rings is 2. The van der Waals surface area contributed by atoms with Crippen LogP contribution < -0.4 is 5.73 Å². The minimum atomic E-state index is -2.85. The molecule has 3 N–H and O–H groups in total. The van der Waals surface area contributed by atoms with Gasteiger partial charge in [-0.2, -0.15) is 5.26 Å². The first-order valence-electron chi connectivity index (χ1n) is 11.3. The molecule has 0 aliphatic carbocycles. The smallest absolute Gasteiger partial charge is 0.255 e. The molecule has 35 heavy (non-hydrogen) atoms. The van der Waals surface area contributed by atoms with Gasteiger partial charge in [-0.25, -0.2) is 0 Å². The standard InChI is InChI=1S/C26H28N6O2S/c1-35(29,34)18-24-17-31(26(33)22-13-23(28)16-30-15-22)10-11-32(24)25(20-7-3-2-4-8-20)21-9-5-6-19(12-21)14-27/h2-9,12-13,15-16,24-25,29H,10-11,17-18,28H2,1H3/t24-,25+,35-/m0/s1. The number of aromatic nitrogens is 1. The fourth-order valence-corrected chi connectivity index (χ4v) is 5.69. The van der Waals surface area contributed by atoms with E-state index < -0.39 is 9.73 Å². The monoisotopic (exact) mass is 488 g/mol. The molecular formula is C26H28N6O2S. The minimum Gasteiger partial charge on any atom is -0.397 e. The van der Waals surface area contributed by atoms with Crippen LogP contribution in [0.25, 0.3) is 0 Å². The Bertz CT molecular complexity index is 1350. The lowest BCUT2D eigenvalue weighted by molar-refractivity contribution is 0.0436. The molecule has 0 spiro atoms. The van der Waals surface area contributed by atoms with Crippen LogP contribution >= 0.6 is 0 Å². The second-order valence-electron chi connectivity index (χ2n) is 8.87. The molecule has 3 aromatic rings. The summed E-state index contributed by atoms with van der Waals surface area (Å²) >= 11 is 0. The minimum absolute atomic E-state index is 0.118. The number of piperazine rings is 1. The van der Waals surface area contributed by atoms with E-state index in [1.165, 1.54) is 18.6 Å². The van der Waals surface area contributed by atoms with E-state index in [4.69, 9.17) is 10.5 Å². The topological polar surface area (TPSA) is 127 Å². The zero-order chi connectivity index (χ0) is 25.0. The Kier molecular flexibility index (Phi) is 7.15. The molecule has 1 aliphatic heterocycles. The Hall–Kier alpha value is -3.74. The van der Waals surface area contributed by atoms with Gasteiger partial charge in [0.05, 0.1) is 28.9 Å². The van der Waals surface area contributed by atoms with E-state index in [1.54, 1.807) is 17.0 Å². The zero-order valence-electron chi connectivity index (χ0n) is 19.5. The zero-order valence-corrected chi connectivity index (χ0v) is 20.3. The van der Waals surface area contributed by atoms with E-state index in [0.717, 1.165) is 11.1 Å². The predicted octanol–water partition coefficient (Wildman–Crippen LogP) is 3.13. The highest BCUT2D eigenvalue weighted by Gasteiger charge is 2.36. The van der Waals surface area contributed by atoms with Gasteiger partial charge in [-0.05, 0) is 29.3 Å². The Morgan fingerprint density at radius 1 is 1.17 bits per heavy atom. The number of nitrogens with zero attached hydrogens (tertiary/aromatic N) is 4. The lowest BCUT2D eigenvalue weighted by Crippen LogP contribution is -2.57. The molecular weight excluding hydrogens is 460 g/mol. The van der Waals surface area contributed by atoms with Crippen molar-refractivity contribution in [2.45, 2.75) is 12.1 Å². The van der Waals surface area contributed by atoms with Crippen molar-refractivity contribution in [1.82, 2.24) is 14.8 Å². The quantitative estimate of drug-likeness (QED) is 0.549. The lowest BCUT2D eigenvalue weighted by Gasteiger charge is -2.45. The molecule has 3 atom stereocenters. The summed E-state index contributed by atoms with van der Waals surface area (Å²) in [7, 11) is -2.85. The SMILES string of the molecule is C[S@](=N)(=O)C[C@@H]1CN(C(=O)c2cncc(N)c2)CCN1[C@H](c1ccccc1)c1cccc(C#N)c1. The molecule has 2 heterocycles. The van der Waals surface area contributed by atoms with Crippen molar-refractivity contribution in [3.63, 3.8) is 0 Å². The number of amides is 1. The summed E-state index contributed by atoms with van der Waals surface area (Å²) in [5, 5.41) is 9.47. The van der Waals surface area contributed by atoms with Crippen LogP contribution in [-0.2, 0) is 9.73 Å². The molecule has 8 nitrogen and oxygen atoms in total. The van der Waals surface area contributed by atoms with Crippen molar-refractivity contribution >= 4 is 21.3 Å². The van der Waals surface area contributed by atoms with Crippen LogP contribution in [0.4, 0.5) is 5.69 Å². The van der Waals surface area contributed by atoms with Gasteiger partial charge in [0.2, 0.25) is 0 Å². The van der Waals surface area contributed by atoms with Crippen molar-refractivity contribution in [3.8, 4) is 6.07 Å². The maximum absolute atomic E-state index is 13.2. The average molecular weight is 489 g/mol. The highest BCUT2D eigenvalue weighted by molar-refractivity contribution is 7.91. The first-order valence-corrected chi connectivity index (χ1v) is 13.4. The van der Waals surface area contributed by atoms with Gasteiger partial charge < -0.3 is 10.6 Å². The molecule has 1 aliphatic rings. The fourth-order valence-electron chi connectivity index (χ4n) is 4.66. The van der Waals surface area contributed by atoms with E-state index in [1.807, 2.05) is 48.5 Å². The normalized spacial score (nSPS) is 18.9. The molecule has 0 unspecified atom stereocenters. The number of nitriles is 1. The summed E-state index contributed by atoms with van der Waals surface area (Å²) in [6.45, 7) is 1.28. The van der Waals surface area contributed by atoms with Crippen molar-refractivity contribution < 1.29 is 9.00 Å². The van der Waals surface area contributed by atoms with Gasteiger partial charge in [0.1, 0.15) is 0 Å². The maximum atomic E-state index is 13.2. The van der Waals surface area contributed by atoms with Gasteiger partial charge in [0.15, 0.2) is 0 Å². The highest BCUT2D eigenvalue weighted by Crippen LogP contribution is 2.33. The number of carbonyl (C=O) groups excluding carboxylic acids is 1. The van der Waals surface area contributed by atoms with Gasteiger partial charge in [-0.3, -0.25) is 23.7 Å². The van der Waals surface area contributed by atoms with Crippen molar-refractivity contribution in [1.29, 1.82) is 10.0 Å². The summed E-state index contributed by atoms with van der Waals surface area (Å²) in [4.78, 5) is 21.2. The molecule has 1 amide bonds. The Morgan fingerprint density at radius 2 is 1.91 bits per heavy atom. The van der Waals surface area contributed by atoms with Crippen molar-refractivity contribution in [2.24, 2.45) is 0 Å². The van der Waals surface area contributed by atoms with Gasteiger partial charge in [0.25, 0.3) is 5.91 Å². The molecule has 4 rings (SSSR count). The van der Waals surface area contributed by atoms with Gasteiger partial charge in [-0.1, -0.05) is 42.5 Å². The third kappa shape index (κ3) is 5.85. The van der Waals surface area contributed by atoms with Crippen molar-refractivity contribution in [2.75, 3.05) is 37.4 Å². The maximum Gasteiger partial charge on any atom is 0.255 e. The van der Waals surface area contributed by atoms with Crippen LogP contribution in [0.2, 0.25) is 0 Å². The van der Waals surface area contributed by atoms with Crippen LogP contribution in [0.1, 0.15) is 33.1 Å². The van der Waals surface area contributed by atoms with E-state index in [2.05, 4.69) is 16.0 Å². The first-order chi connectivity index (χ1) is 16.7. The molecule has 9 heteroatoms. The predicted molar refractivity (Wildman–Crippen MR) is 136 cm³/mol. The lowest BCUT2D eigenvalue weighted by atomic mass is 9.93. The van der Waals surface area contributed by atoms with E-state index in [9.17, 15) is 14.3 Å². The van der Waals surface area contributed by atoms with Crippen molar-refractivity contribution in [3.05, 3.63) is 95.3 Å². The molecule has 0 saturated carbocycles. The van der Waals surface area contributed by atoms with E-state index >= 15 is 0 Å². The molecule has 180 valence electrons. The van der Waals surface area contributed by atoms with E-state index in [-0.39, 0.29) is 23.7 Å². The highest BCUT2D eigenvalue weighted by atomic mass is 32.2. The van der Waals surface area contributed by atoms with E-state index in [0.29, 0.717) is 36.4 Å². The fraction of sp³-hybridized carbons (Fsp3) is 0.269. The second kappa shape index (κ2) is 10.3. The first kappa shape index (κ1) is 24.4. The summed E-state index contributed by atoms with van der Waals surface area (Å²) in [6, 6.07) is 20.7. The molecule has 0 bridgehead atoms. The number of hydrogen-bond acceptors (Lipinski definition) is 7. The van der Waals surface area contributed by atoms with Crippen LogP contribution in [0.3, 0.4) is 0 Å². The largest absolute Gasteiger partial charge is 0.397 e. The molecule has 2 aromatic carbocycles. The van der Waals surface area contributed by atoms with Crippen LogP contribution in [0.15, 0.2) is 73.1 Å². The Morgan fingerprint density at radius 3 is 2.60 bits per heavy atom. The number of rotatable bonds is 6. The number of pyridine rings is 1. The summed E-state index contributed by atoms with van der Waals surface area (Å²) in [5.41, 5.74) is 9.16. The average Bonchev–Trinajstić information content (AvgIpc) is 2.84. The molecule has 1 aromatic heterocycles. The number of nitrogens with one attached hydrogen (secondary N) is 1. The number of nitrogen functional groups attached to an aromatic ring is 1. The van der Waals surface area contributed by atoms with Crippen LogP contribution in [-0.4, -0.2) is 62.6 Å². The third-order valence-corrected chi connectivity index (χ3v) is 7.13. The number of carbonyl (C=O) groups is 1. The summed E-state index contributed by atoms with van der Waals surface area (Å²) in [5.74, 6) is -0.0717.